The van der Waals surface area contributed by atoms with E-state index in [0.717, 1.165) is 32.3 Å². The van der Waals surface area contributed by atoms with Crippen molar-refractivity contribution < 1.29 is 57.5 Å². The van der Waals surface area contributed by atoms with Gasteiger partial charge >= 0.3 is 35.3 Å². The summed E-state index contributed by atoms with van der Waals surface area (Å²) in [5.74, 6) is -3.74. The maximum Gasteiger partial charge on any atom is 0.352 e. The summed E-state index contributed by atoms with van der Waals surface area (Å²) in [4.78, 5) is 80.9. The first kappa shape index (κ1) is 33.1. The minimum atomic E-state index is -1.59. The first-order valence-electron chi connectivity index (χ1n) is 15.2. The Morgan fingerprint density at radius 2 is 1.52 bits per heavy atom. The number of aliphatic hydroxyl groups excluding tert-OH is 1. The minimum absolute atomic E-state index is 0.108. The average Bonchev–Trinajstić information content (AvgIpc) is 3.78. The van der Waals surface area contributed by atoms with Crippen molar-refractivity contribution in [3.63, 3.8) is 0 Å². The molecule has 6 rings (SSSR count). The zero-order valence-electron chi connectivity index (χ0n) is 26.3. The van der Waals surface area contributed by atoms with E-state index in [-0.39, 0.29) is 13.0 Å². The molecule has 1 aromatic carbocycles. The molecule has 0 amide bonds. The second kappa shape index (κ2) is 13.0. The molecule has 48 heavy (non-hydrogen) atoms. The van der Waals surface area contributed by atoms with Crippen molar-refractivity contribution in [2.75, 3.05) is 6.61 Å². The first-order valence-corrected chi connectivity index (χ1v) is 15.2. The Morgan fingerprint density at radius 1 is 0.875 bits per heavy atom. The van der Waals surface area contributed by atoms with Gasteiger partial charge in [-0.15, -0.1) is 0 Å². The van der Waals surface area contributed by atoms with Crippen LogP contribution in [0.15, 0.2) is 45.1 Å². The van der Waals surface area contributed by atoms with Crippen molar-refractivity contribution in [1.82, 2.24) is 13.9 Å². The Labute approximate surface area is 271 Å². The van der Waals surface area contributed by atoms with E-state index in [2.05, 4.69) is 5.16 Å². The lowest BCUT2D eigenvalue weighted by molar-refractivity contribution is -0.308. The molecule has 0 radical (unpaired) electrons. The first-order chi connectivity index (χ1) is 22.9. The number of hydrogen-bond acceptors (Lipinski definition) is 15. The largest absolute Gasteiger partial charge is 0.463 e. The number of benzene rings is 1. The third-order valence-corrected chi connectivity index (χ3v) is 8.51. The van der Waals surface area contributed by atoms with E-state index in [9.17, 15) is 33.9 Å². The van der Waals surface area contributed by atoms with Gasteiger partial charge in [0.15, 0.2) is 12.2 Å². The average molecular weight is 675 g/mol. The summed E-state index contributed by atoms with van der Waals surface area (Å²) in [6.45, 7) is 4.09. The predicted octanol–water partition coefficient (Wildman–Crippen LogP) is -1.04. The number of nitrogens with zero attached hydrogens (tertiary/aromatic N) is 4. The molecule has 1 aliphatic carbocycles. The Morgan fingerprint density at radius 3 is 2.17 bits per heavy atom. The van der Waals surface area contributed by atoms with Gasteiger partial charge in [0.05, 0.1) is 17.4 Å². The summed E-state index contributed by atoms with van der Waals surface area (Å²) in [5.41, 5.74) is -0.562. The van der Waals surface area contributed by atoms with Gasteiger partial charge in [-0.05, 0) is 18.6 Å². The van der Waals surface area contributed by atoms with E-state index in [4.69, 9.17) is 33.3 Å². The van der Waals surface area contributed by atoms with E-state index in [1.165, 1.54) is 9.36 Å². The van der Waals surface area contributed by atoms with Gasteiger partial charge in [-0.1, -0.05) is 23.4 Å². The number of esters is 4. The fourth-order valence-electron chi connectivity index (χ4n) is 6.63. The molecule has 0 bridgehead atoms. The standard InChI is InChI=1S/C30H34N4O14/c1-13(35)42-12-19-23(43-14(2)36)26(44-15(3)37)27(45-16(4)38)28(46-19)48-31-20-18-10-11-32-29(40)33(17-8-6-5-7-9-17)30(41)34(32)21(18)22(39)25-24(20)47-25/h5-9,18-19,21-28,39H,10-12H2,1-4H3/b31-20-/t18-,19-,21-,22+,23-,24-,25+,26+,27-,28+/m1/s1. The van der Waals surface area contributed by atoms with E-state index in [1.54, 1.807) is 30.3 Å². The minimum Gasteiger partial charge on any atom is -0.463 e. The number of carbonyl (C=O) groups is 4. The van der Waals surface area contributed by atoms with Gasteiger partial charge in [0.1, 0.15) is 31.0 Å². The number of ether oxygens (including phenoxy) is 6. The second-order valence-corrected chi connectivity index (χ2v) is 11.8. The van der Waals surface area contributed by atoms with E-state index in [0.29, 0.717) is 11.4 Å². The van der Waals surface area contributed by atoms with Crippen molar-refractivity contribution in [2.45, 2.75) is 95.7 Å². The van der Waals surface area contributed by atoms with Crippen LogP contribution in [0.25, 0.3) is 5.69 Å². The van der Waals surface area contributed by atoms with Gasteiger partial charge in [-0.2, -0.15) is 0 Å². The number of aliphatic hydroxyl groups is 1. The number of rotatable bonds is 8. The van der Waals surface area contributed by atoms with Crippen LogP contribution in [-0.2, 0) is 59.0 Å². The van der Waals surface area contributed by atoms with Crippen LogP contribution in [0.3, 0.4) is 0 Å². The SMILES string of the molecule is CC(=O)OC[C@H]1O[C@@H](O/N=C2/[C@H]3CCn4c(=O)n(-c5ccccc5)c(=O)n4[C@H]3[C@H](O)[C@@H]3O[C@H]23)[C@H](OC(C)=O)[C@@H](OC(C)=O)[C@@H]1OC(C)=O. The number of carbonyl (C=O) groups excluding carboxylic acids is 4. The second-order valence-electron chi connectivity index (χ2n) is 11.8. The summed E-state index contributed by atoms with van der Waals surface area (Å²) in [6.07, 6.45) is -9.59. The van der Waals surface area contributed by atoms with E-state index < -0.39 is 103 Å². The molecular weight excluding hydrogens is 640 g/mol. The molecule has 3 aliphatic heterocycles. The highest BCUT2D eigenvalue weighted by molar-refractivity contribution is 5.94. The smallest absolute Gasteiger partial charge is 0.352 e. The lowest BCUT2D eigenvalue weighted by Crippen LogP contribution is -2.62. The van der Waals surface area contributed by atoms with Crippen LogP contribution in [0.5, 0.6) is 0 Å². The van der Waals surface area contributed by atoms with Gasteiger partial charge in [0.2, 0.25) is 6.10 Å². The highest BCUT2D eigenvalue weighted by Crippen LogP contribution is 2.46. The molecule has 18 nitrogen and oxygen atoms in total. The lowest BCUT2D eigenvalue weighted by Gasteiger charge is -2.43. The molecule has 1 saturated carbocycles. The quantitative estimate of drug-likeness (QED) is 0.153. The van der Waals surface area contributed by atoms with Crippen molar-refractivity contribution >= 4 is 29.6 Å². The van der Waals surface area contributed by atoms with Crippen LogP contribution in [0.1, 0.15) is 40.2 Å². The summed E-state index contributed by atoms with van der Waals surface area (Å²) < 4.78 is 36.6. The van der Waals surface area contributed by atoms with E-state index >= 15 is 0 Å². The molecule has 3 fully saturated rings. The van der Waals surface area contributed by atoms with Gasteiger partial charge < -0.3 is 38.4 Å². The maximum atomic E-state index is 13.7. The summed E-state index contributed by atoms with van der Waals surface area (Å²) >= 11 is 0. The Hall–Kier alpha value is -4.81. The number of oxime groups is 1. The summed E-state index contributed by atoms with van der Waals surface area (Å²) in [5, 5.41) is 15.6. The molecule has 4 aliphatic rings. The highest BCUT2D eigenvalue weighted by Gasteiger charge is 2.62. The van der Waals surface area contributed by atoms with Crippen molar-refractivity contribution in [3.8, 4) is 5.69 Å². The topological polar surface area (TPSA) is 218 Å². The zero-order chi connectivity index (χ0) is 34.4. The highest BCUT2D eigenvalue weighted by atomic mass is 16.8. The lowest BCUT2D eigenvalue weighted by atomic mass is 9.78. The molecule has 0 unspecified atom stereocenters. The number of fused-ring (bicyclic) bond motifs is 4. The molecule has 4 heterocycles. The van der Waals surface area contributed by atoms with Gasteiger partial charge in [0.25, 0.3) is 6.29 Å². The Kier molecular flexibility index (Phi) is 8.97. The van der Waals surface area contributed by atoms with Crippen molar-refractivity contribution in [2.24, 2.45) is 11.1 Å². The molecule has 1 aromatic heterocycles. The molecule has 2 aromatic rings. The molecule has 18 heteroatoms. The summed E-state index contributed by atoms with van der Waals surface area (Å²) in [6, 6.07) is 7.43. The van der Waals surface area contributed by atoms with Gasteiger partial charge in [0, 0.05) is 40.2 Å². The van der Waals surface area contributed by atoms with Crippen LogP contribution in [0.2, 0.25) is 0 Å². The van der Waals surface area contributed by atoms with E-state index in [1.807, 2.05) is 0 Å². The fourth-order valence-corrected chi connectivity index (χ4v) is 6.63. The number of para-hydroxylation sites is 1. The third kappa shape index (κ3) is 6.13. The molecule has 10 atom stereocenters. The molecular formula is C30H34N4O14. The predicted molar refractivity (Wildman–Crippen MR) is 157 cm³/mol. The maximum absolute atomic E-state index is 13.7. The van der Waals surface area contributed by atoms with Gasteiger partial charge in [-0.25, -0.2) is 23.5 Å². The molecule has 1 N–H and O–H groups in total. The molecule has 258 valence electrons. The van der Waals surface area contributed by atoms with Crippen LogP contribution in [0, 0.1) is 5.92 Å². The van der Waals surface area contributed by atoms with Crippen LogP contribution < -0.4 is 11.4 Å². The molecule has 2 saturated heterocycles. The van der Waals surface area contributed by atoms with Crippen molar-refractivity contribution in [3.05, 3.63) is 51.3 Å². The zero-order valence-corrected chi connectivity index (χ0v) is 26.3. The van der Waals surface area contributed by atoms with Crippen LogP contribution in [0.4, 0.5) is 0 Å². The molecule has 0 spiro atoms. The monoisotopic (exact) mass is 674 g/mol. The number of hydrogen-bond donors (Lipinski definition) is 1. The summed E-state index contributed by atoms with van der Waals surface area (Å²) in [7, 11) is 0. The third-order valence-electron chi connectivity index (χ3n) is 8.51. The normalized spacial score (nSPS) is 32.6. The fraction of sp³-hybridized carbons (Fsp3) is 0.567. The van der Waals surface area contributed by atoms with Crippen LogP contribution >= 0.6 is 0 Å². The van der Waals surface area contributed by atoms with Crippen molar-refractivity contribution in [1.29, 1.82) is 0 Å². The number of epoxide rings is 1. The Bertz CT molecular complexity index is 1750. The Balaban J connectivity index is 1.35. The van der Waals surface area contributed by atoms with Gasteiger partial charge in [-0.3, -0.25) is 19.2 Å². The number of aromatic nitrogens is 3. The van der Waals surface area contributed by atoms with Crippen LogP contribution in [-0.4, -0.2) is 104 Å².